The predicted molar refractivity (Wildman–Crippen MR) is 117 cm³/mol. The van der Waals surface area contributed by atoms with Crippen molar-refractivity contribution in [3.05, 3.63) is 54.7 Å². The van der Waals surface area contributed by atoms with Crippen molar-refractivity contribution in [3.63, 3.8) is 0 Å². The van der Waals surface area contributed by atoms with E-state index in [1.54, 1.807) is 0 Å². The minimum atomic E-state index is 0.328. The standard InChI is InChI=1S/C23H25N5/c1-27-14-20(18-4-2-3-5-22(18)27)19-12-15-6-7-17(13-21(15)26-23(19)25)28-10-8-16(24)9-11-28/h2-7,12-14,16H,8-11,24H2,1H3,(H2,25,26). The molecule has 3 heterocycles. The topological polar surface area (TPSA) is 73.1 Å². The molecule has 0 spiro atoms. The van der Waals surface area contributed by atoms with E-state index < -0.39 is 0 Å². The third-order valence-corrected chi connectivity index (χ3v) is 5.92. The third kappa shape index (κ3) is 2.79. The normalized spacial score (nSPS) is 15.6. The van der Waals surface area contributed by atoms with E-state index in [2.05, 4.69) is 71.2 Å². The van der Waals surface area contributed by atoms with Crippen LogP contribution in [0.15, 0.2) is 54.7 Å². The first-order valence-corrected chi connectivity index (χ1v) is 9.85. The molecule has 5 heteroatoms. The Balaban J connectivity index is 1.58. The van der Waals surface area contributed by atoms with Crippen molar-refractivity contribution in [2.75, 3.05) is 23.7 Å². The molecule has 0 saturated carbocycles. The summed E-state index contributed by atoms with van der Waals surface area (Å²) in [6.45, 7) is 1.99. The highest BCUT2D eigenvalue weighted by molar-refractivity contribution is 6.01. The lowest BCUT2D eigenvalue weighted by atomic mass is 10.0. The molecule has 0 radical (unpaired) electrons. The van der Waals surface area contributed by atoms with E-state index in [-0.39, 0.29) is 0 Å². The number of aryl methyl sites for hydroxylation is 1. The number of piperidine rings is 1. The zero-order valence-corrected chi connectivity index (χ0v) is 16.1. The molecule has 0 bridgehead atoms. The van der Waals surface area contributed by atoms with Gasteiger partial charge in [0.25, 0.3) is 0 Å². The number of fused-ring (bicyclic) bond motifs is 2. The third-order valence-electron chi connectivity index (χ3n) is 5.92. The molecule has 0 aliphatic carbocycles. The van der Waals surface area contributed by atoms with Crippen molar-refractivity contribution in [2.24, 2.45) is 12.8 Å². The van der Waals surface area contributed by atoms with Crippen LogP contribution >= 0.6 is 0 Å². The Morgan fingerprint density at radius 2 is 1.79 bits per heavy atom. The smallest absolute Gasteiger partial charge is 0.132 e. The Kier molecular flexibility index (Phi) is 3.98. The number of nitrogens with zero attached hydrogens (tertiary/aromatic N) is 3. The first-order chi connectivity index (χ1) is 13.6. The zero-order chi connectivity index (χ0) is 19.3. The average molecular weight is 371 g/mol. The van der Waals surface area contributed by atoms with Crippen LogP contribution in [0, 0.1) is 0 Å². The summed E-state index contributed by atoms with van der Waals surface area (Å²) in [6.07, 6.45) is 4.20. The molecule has 1 aliphatic rings. The van der Waals surface area contributed by atoms with E-state index in [9.17, 15) is 0 Å². The van der Waals surface area contributed by atoms with E-state index in [1.807, 2.05) is 0 Å². The summed E-state index contributed by atoms with van der Waals surface area (Å²) in [5.41, 5.74) is 17.9. The maximum absolute atomic E-state index is 6.42. The van der Waals surface area contributed by atoms with Gasteiger partial charge in [0.1, 0.15) is 5.82 Å². The van der Waals surface area contributed by atoms with E-state index in [0.717, 1.165) is 48.0 Å². The van der Waals surface area contributed by atoms with Gasteiger partial charge in [-0.15, -0.1) is 0 Å². The van der Waals surface area contributed by atoms with Gasteiger partial charge in [0.15, 0.2) is 0 Å². The Labute approximate surface area is 164 Å². The SMILES string of the molecule is Cn1cc(-c2cc3ccc(N4CCC(N)CC4)cc3nc2N)c2ccccc21. The summed E-state index contributed by atoms with van der Waals surface area (Å²) in [5, 5.41) is 2.30. The summed E-state index contributed by atoms with van der Waals surface area (Å²) in [7, 11) is 2.06. The molecular weight excluding hydrogens is 346 g/mol. The van der Waals surface area contributed by atoms with Crippen LogP contribution in [0.1, 0.15) is 12.8 Å². The highest BCUT2D eigenvalue weighted by atomic mass is 15.1. The van der Waals surface area contributed by atoms with Crippen LogP contribution in [0.25, 0.3) is 32.9 Å². The maximum atomic E-state index is 6.42. The zero-order valence-electron chi connectivity index (χ0n) is 16.1. The highest BCUT2D eigenvalue weighted by Crippen LogP contribution is 2.35. The molecule has 5 rings (SSSR count). The second kappa shape index (κ2) is 6.53. The lowest BCUT2D eigenvalue weighted by Crippen LogP contribution is -2.39. The molecule has 0 atom stereocenters. The van der Waals surface area contributed by atoms with Crippen LogP contribution in [0.5, 0.6) is 0 Å². The number of rotatable bonds is 2. The highest BCUT2D eigenvalue weighted by Gasteiger charge is 2.18. The van der Waals surface area contributed by atoms with E-state index in [4.69, 9.17) is 16.5 Å². The molecule has 5 nitrogen and oxygen atoms in total. The molecule has 1 aliphatic heterocycles. The molecule has 1 saturated heterocycles. The summed E-state index contributed by atoms with van der Waals surface area (Å²) < 4.78 is 2.14. The number of hydrogen-bond acceptors (Lipinski definition) is 4. The number of para-hydroxylation sites is 1. The molecule has 2 aromatic heterocycles. The van der Waals surface area contributed by atoms with Crippen molar-refractivity contribution in [1.82, 2.24) is 9.55 Å². The van der Waals surface area contributed by atoms with Crippen molar-refractivity contribution in [2.45, 2.75) is 18.9 Å². The van der Waals surface area contributed by atoms with Crippen LogP contribution in [-0.4, -0.2) is 28.7 Å². The minimum absolute atomic E-state index is 0.328. The van der Waals surface area contributed by atoms with Crippen molar-refractivity contribution < 1.29 is 0 Å². The molecule has 28 heavy (non-hydrogen) atoms. The molecule has 0 amide bonds. The number of hydrogen-bond donors (Lipinski definition) is 2. The predicted octanol–water partition coefficient (Wildman–Crippen LogP) is 3.90. The monoisotopic (exact) mass is 371 g/mol. The maximum Gasteiger partial charge on any atom is 0.132 e. The van der Waals surface area contributed by atoms with Gasteiger partial charge in [-0.1, -0.05) is 24.3 Å². The number of pyridine rings is 1. The molecule has 1 fully saturated rings. The van der Waals surface area contributed by atoms with E-state index in [1.165, 1.54) is 16.6 Å². The Morgan fingerprint density at radius 1 is 1.00 bits per heavy atom. The van der Waals surface area contributed by atoms with Crippen LogP contribution < -0.4 is 16.4 Å². The van der Waals surface area contributed by atoms with Crippen molar-refractivity contribution in [1.29, 1.82) is 0 Å². The molecule has 0 unspecified atom stereocenters. The summed E-state index contributed by atoms with van der Waals surface area (Å²) in [6, 6.07) is 17.4. The first-order valence-electron chi connectivity index (χ1n) is 9.85. The quantitative estimate of drug-likeness (QED) is 0.560. The van der Waals surface area contributed by atoms with Crippen LogP contribution in [0.2, 0.25) is 0 Å². The van der Waals surface area contributed by atoms with Crippen LogP contribution in [0.3, 0.4) is 0 Å². The molecule has 4 aromatic rings. The molecule has 2 aromatic carbocycles. The minimum Gasteiger partial charge on any atom is -0.383 e. The first kappa shape index (κ1) is 17.1. The number of aromatic nitrogens is 2. The Hall–Kier alpha value is -3.05. The van der Waals surface area contributed by atoms with Crippen molar-refractivity contribution >= 4 is 33.3 Å². The lowest BCUT2D eigenvalue weighted by molar-refractivity contribution is 0.501. The fraction of sp³-hybridized carbons (Fsp3) is 0.261. The van der Waals surface area contributed by atoms with Gasteiger partial charge in [-0.25, -0.2) is 4.98 Å². The lowest BCUT2D eigenvalue weighted by Gasteiger charge is -2.32. The largest absolute Gasteiger partial charge is 0.383 e. The van der Waals surface area contributed by atoms with E-state index in [0.29, 0.717) is 11.9 Å². The van der Waals surface area contributed by atoms with Gasteiger partial charge in [0, 0.05) is 65.5 Å². The van der Waals surface area contributed by atoms with Gasteiger partial charge in [-0.05, 0) is 37.1 Å². The van der Waals surface area contributed by atoms with Gasteiger partial charge in [0.2, 0.25) is 0 Å². The fourth-order valence-corrected chi connectivity index (χ4v) is 4.30. The van der Waals surface area contributed by atoms with Gasteiger partial charge in [-0.3, -0.25) is 0 Å². The number of nitrogens with two attached hydrogens (primary N) is 2. The second-order valence-corrected chi connectivity index (χ2v) is 7.79. The van der Waals surface area contributed by atoms with Gasteiger partial charge >= 0.3 is 0 Å². The number of benzene rings is 2. The molecule has 4 N–H and O–H groups in total. The molecular formula is C23H25N5. The molecule has 142 valence electrons. The van der Waals surface area contributed by atoms with Gasteiger partial charge < -0.3 is 20.9 Å². The van der Waals surface area contributed by atoms with Crippen molar-refractivity contribution in [3.8, 4) is 11.1 Å². The Morgan fingerprint density at radius 3 is 2.61 bits per heavy atom. The van der Waals surface area contributed by atoms with Crippen LogP contribution in [-0.2, 0) is 7.05 Å². The van der Waals surface area contributed by atoms with Gasteiger partial charge in [0.05, 0.1) is 5.52 Å². The summed E-state index contributed by atoms with van der Waals surface area (Å²) in [4.78, 5) is 7.14. The number of anilines is 2. The van der Waals surface area contributed by atoms with Crippen LogP contribution in [0.4, 0.5) is 11.5 Å². The van der Waals surface area contributed by atoms with Gasteiger partial charge in [-0.2, -0.15) is 0 Å². The van der Waals surface area contributed by atoms with E-state index >= 15 is 0 Å². The summed E-state index contributed by atoms with van der Waals surface area (Å²) >= 11 is 0. The Bertz CT molecular complexity index is 1170. The fourth-order valence-electron chi connectivity index (χ4n) is 4.30. The second-order valence-electron chi connectivity index (χ2n) is 7.79. The summed E-state index contributed by atoms with van der Waals surface area (Å²) in [5.74, 6) is 0.571. The number of nitrogen functional groups attached to an aromatic ring is 1. The average Bonchev–Trinajstić information content (AvgIpc) is 3.04.